The number of nitrogens with two attached hydrogens (primary N) is 1. The molecule has 1 atom stereocenters. The summed E-state index contributed by atoms with van der Waals surface area (Å²) in [6, 6.07) is 6.87. The standard InChI is InChI=1S/C27H14F15N3O4/c1-48-21(46)12-11(9-6-4-3-5-7-9)10(8-43)20(44)45(18(12)22(47)49-2)19-16(26(37,38)39)14(24(31,32)33)13(23(28,29)30)15(25(34,35)36)17(19)27(40,41)42/h3-7,11H,44H2,1-2H3. The summed E-state index contributed by atoms with van der Waals surface area (Å²) in [4.78, 5) is 25.1. The van der Waals surface area contributed by atoms with E-state index in [1.165, 1.54) is 18.2 Å². The van der Waals surface area contributed by atoms with Gasteiger partial charge in [0.2, 0.25) is 0 Å². The van der Waals surface area contributed by atoms with Crippen LogP contribution in [0.15, 0.2) is 53.0 Å². The topological polar surface area (TPSA) is 106 Å². The summed E-state index contributed by atoms with van der Waals surface area (Å²) in [6.07, 6.45) is -35.7. The van der Waals surface area contributed by atoms with Gasteiger partial charge in [0.1, 0.15) is 11.5 Å². The normalized spacial score (nSPS) is 16.5. The number of ether oxygens (including phenoxy) is 2. The fourth-order valence-electron chi connectivity index (χ4n) is 5.11. The zero-order valence-electron chi connectivity index (χ0n) is 23.7. The van der Waals surface area contributed by atoms with Crippen molar-refractivity contribution in [3.63, 3.8) is 0 Å². The van der Waals surface area contributed by atoms with Crippen LogP contribution in [-0.4, -0.2) is 26.2 Å². The van der Waals surface area contributed by atoms with Gasteiger partial charge in [-0.2, -0.15) is 71.1 Å². The third kappa shape index (κ3) is 6.78. The molecular formula is C27H14F15N3O4. The SMILES string of the molecule is COC(=O)C1=C(C(=O)OC)N(c2c(C(F)(F)F)c(C(F)(F)F)c(C(F)(F)F)c(C(F)(F)F)c2C(F)(F)F)C(N)=C(C#N)C1c1ccccc1. The molecule has 0 bridgehead atoms. The Hall–Kier alpha value is -5.10. The summed E-state index contributed by atoms with van der Waals surface area (Å²) in [7, 11) is 0.832. The van der Waals surface area contributed by atoms with E-state index >= 15 is 0 Å². The second-order valence-corrected chi connectivity index (χ2v) is 9.55. The maximum absolute atomic E-state index is 14.7. The first-order chi connectivity index (χ1) is 22.2. The Morgan fingerprint density at radius 3 is 1.37 bits per heavy atom. The summed E-state index contributed by atoms with van der Waals surface area (Å²) < 4.78 is 224. The van der Waals surface area contributed by atoms with Crippen molar-refractivity contribution in [2.75, 3.05) is 19.1 Å². The van der Waals surface area contributed by atoms with E-state index in [0.29, 0.717) is 14.2 Å². The molecule has 1 unspecified atom stereocenters. The lowest BCUT2D eigenvalue weighted by molar-refractivity contribution is -0.188. The lowest BCUT2D eigenvalue weighted by atomic mass is 9.79. The minimum atomic E-state index is -7.22. The lowest BCUT2D eigenvalue weighted by Gasteiger charge is -2.39. The number of esters is 2. The lowest BCUT2D eigenvalue weighted by Crippen LogP contribution is -2.44. The summed E-state index contributed by atoms with van der Waals surface area (Å²) in [5.74, 6) is -8.29. The first-order valence-corrected chi connectivity index (χ1v) is 12.4. The van der Waals surface area contributed by atoms with E-state index in [2.05, 4.69) is 9.47 Å². The van der Waals surface area contributed by atoms with Crippen LogP contribution in [0.4, 0.5) is 71.5 Å². The van der Waals surface area contributed by atoms with Crippen molar-refractivity contribution in [1.29, 1.82) is 5.26 Å². The highest BCUT2D eigenvalue weighted by atomic mass is 19.4. The zero-order valence-corrected chi connectivity index (χ0v) is 23.7. The fraction of sp³-hybridized carbons (Fsp3) is 0.296. The number of allylic oxidation sites excluding steroid dienone is 1. The predicted octanol–water partition coefficient (Wildman–Crippen LogP) is 7.68. The molecule has 3 rings (SSSR count). The van der Waals surface area contributed by atoms with Crippen LogP contribution in [0.2, 0.25) is 0 Å². The number of benzene rings is 2. The van der Waals surface area contributed by atoms with Gasteiger partial charge in [-0.1, -0.05) is 30.3 Å². The summed E-state index contributed by atoms with van der Waals surface area (Å²) in [6.45, 7) is 0. The number of anilines is 1. The van der Waals surface area contributed by atoms with Crippen molar-refractivity contribution < 1.29 is 84.9 Å². The van der Waals surface area contributed by atoms with Crippen LogP contribution >= 0.6 is 0 Å². The quantitative estimate of drug-likeness (QED) is 0.254. The van der Waals surface area contributed by atoms with Crippen LogP contribution < -0.4 is 10.6 Å². The first kappa shape index (κ1) is 38.3. The third-order valence-electron chi connectivity index (χ3n) is 6.72. The number of carbonyl (C=O) groups excluding carboxylic acids is 2. The molecule has 22 heteroatoms. The Balaban J connectivity index is 3.00. The van der Waals surface area contributed by atoms with Crippen molar-refractivity contribution in [1.82, 2.24) is 0 Å². The van der Waals surface area contributed by atoms with E-state index in [9.17, 15) is 80.7 Å². The van der Waals surface area contributed by atoms with E-state index in [1.54, 1.807) is 0 Å². The Kier molecular flexibility index (Phi) is 9.71. The number of halogens is 15. The van der Waals surface area contributed by atoms with E-state index < -0.39 is 110 Å². The molecule has 0 saturated heterocycles. The second-order valence-electron chi connectivity index (χ2n) is 9.55. The van der Waals surface area contributed by atoms with Gasteiger partial charge in [0.25, 0.3) is 0 Å². The molecule has 0 aliphatic carbocycles. The van der Waals surface area contributed by atoms with Gasteiger partial charge in [-0.25, -0.2) is 9.59 Å². The van der Waals surface area contributed by atoms with Crippen molar-refractivity contribution in [3.8, 4) is 6.07 Å². The highest BCUT2D eigenvalue weighted by Crippen LogP contribution is 2.60. The maximum atomic E-state index is 14.7. The number of hydrogen-bond donors (Lipinski definition) is 1. The van der Waals surface area contributed by atoms with Crippen molar-refractivity contribution >= 4 is 17.6 Å². The van der Waals surface area contributed by atoms with Crippen molar-refractivity contribution in [2.45, 2.75) is 36.8 Å². The molecule has 2 aromatic carbocycles. The number of methoxy groups -OCH3 is 2. The second kappa shape index (κ2) is 12.4. The Morgan fingerprint density at radius 1 is 0.673 bits per heavy atom. The molecule has 0 saturated carbocycles. The minimum absolute atomic E-state index is 0.324. The van der Waals surface area contributed by atoms with Gasteiger partial charge in [-0.15, -0.1) is 0 Å². The van der Waals surface area contributed by atoms with Gasteiger partial charge >= 0.3 is 42.8 Å². The number of rotatable bonds is 4. The molecule has 0 spiro atoms. The molecule has 2 aromatic rings. The molecule has 1 aliphatic rings. The molecule has 0 aromatic heterocycles. The van der Waals surface area contributed by atoms with Gasteiger partial charge in [0.15, 0.2) is 0 Å². The molecular weight excluding hydrogens is 715 g/mol. The van der Waals surface area contributed by atoms with Gasteiger partial charge in [0, 0.05) is 0 Å². The summed E-state index contributed by atoms with van der Waals surface area (Å²) in [5.41, 5.74) is -24.3. The predicted molar refractivity (Wildman–Crippen MR) is 131 cm³/mol. The Morgan fingerprint density at radius 2 is 1.04 bits per heavy atom. The van der Waals surface area contributed by atoms with E-state index in [4.69, 9.17) is 5.73 Å². The number of alkyl halides is 15. The number of carbonyl (C=O) groups is 2. The molecule has 266 valence electrons. The number of nitriles is 1. The van der Waals surface area contributed by atoms with E-state index in [-0.39, 0.29) is 5.56 Å². The number of hydrogen-bond acceptors (Lipinski definition) is 7. The molecule has 49 heavy (non-hydrogen) atoms. The maximum Gasteiger partial charge on any atom is 0.419 e. The van der Waals surface area contributed by atoms with Gasteiger partial charge in [0.05, 0.1) is 70.9 Å². The van der Waals surface area contributed by atoms with Crippen molar-refractivity contribution in [2.24, 2.45) is 5.73 Å². The minimum Gasteiger partial charge on any atom is -0.466 e. The monoisotopic (exact) mass is 729 g/mol. The van der Waals surface area contributed by atoms with Crippen LogP contribution in [0.3, 0.4) is 0 Å². The van der Waals surface area contributed by atoms with Crippen molar-refractivity contribution in [3.05, 3.63) is 86.4 Å². The van der Waals surface area contributed by atoms with Crippen LogP contribution in [0, 0.1) is 11.3 Å². The highest BCUT2D eigenvalue weighted by Gasteiger charge is 2.62. The van der Waals surface area contributed by atoms with Gasteiger partial charge in [-0.3, -0.25) is 4.90 Å². The molecule has 1 aliphatic heterocycles. The summed E-state index contributed by atoms with van der Waals surface area (Å²) >= 11 is 0. The largest absolute Gasteiger partial charge is 0.466 e. The fourth-order valence-corrected chi connectivity index (χ4v) is 5.11. The zero-order chi connectivity index (χ0) is 37.8. The van der Waals surface area contributed by atoms with Gasteiger partial charge in [-0.05, 0) is 5.56 Å². The third-order valence-corrected chi connectivity index (χ3v) is 6.72. The molecule has 7 nitrogen and oxygen atoms in total. The van der Waals surface area contributed by atoms with Crippen LogP contribution in [0.25, 0.3) is 0 Å². The summed E-state index contributed by atoms with van der Waals surface area (Å²) in [5, 5.41) is 9.93. The average Bonchev–Trinajstić information content (AvgIpc) is 2.96. The van der Waals surface area contributed by atoms with Gasteiger partial charge < -0.3 is 15.2 Å². The Bertz CT molecular complexity index is 1720. The number of nitrogens with zero attached hydrogens (tertiary/aromatic N) is 2. The molecule has 1 heterocycles. The molecule has 0 fully saturated rings. The van der Waals surface area contributed by atoms with E-state index in [0.717, 1.165) is 18.2 Å². The van der Waals surface area contributed by atoms with Crippen LogP contribution in [-0.2, 0) is 49.9 Å². The smallest absolute Gasteiger partial charge is 0.419 e. The van der Waals surface area contributed by atoms with Crippen LogP contribution in [0.1, 0.15) is 39.3 Å². The molecule has 0 amide bonds. The first-order valence-electron chi connectivity index (χ1n) is 12.4. The van der Waals surface area contributed by atoms with E-state index in [1.807, 2.05) is 0 Å². The van der Waals surface area contributed by atoms with Crippen LogP contribution in [0.5, 0.6) is 0 Å². The molecule has 0 radical (unpaired) electrons. The molecule has 2 N–H and O–H groups in total. The average molecular weight is 729 g/mol. The Labute approximate surface area is 262 Å². The highest BCUT2D eigenvalue weighted by molar-refractivity contribution is 6.07.